The summed E-state index contributed by atoms with van der Waals surface area (Å²) in [5, 5.41) is 14.4. The third-order valence-corrected chi connectivity index (χ3v) is 4.37. The monoisotopic (exact) mass is 241 g/mol. The summed E-state index contributed by atoms with van der Waals surface area (Å²) in [5.41, 5.74) is -0.544. The maximum atomic E-state index is 10.9. The Morgan fingerprint density at radius 1 is 1.29 bits per heavy atom. The summed E-state index contributed by atoms with van der Waals surface area (Å²) < 4.78 is 5.77. The standard InChI is InChI=1S/C14H27NO2/c1-11(2)12-10-14(16,7-9-17-12)13-6-4-3-5-8-15-13/h11-13,15-16H,3-10H2,1-2H3. The Morgan fingerprint density at radius 3 is 2.88 bits per heavy atom. The van der Waals surface area contributed by atoms with Crippen molar-refractivity contribution in [3.05, 3.63) is 0 Å². The lowest BCUT2D eigenvalue weighted by molar-refractivity contribution is -0.132. The molecule has 100 valence electrons. The summed E-state index contributed by atoms with van der Waals surface area (Å²) in [6.07, 6.45) is 6.70. The highest BCUT2D eigenvalue weighted by molar-refractivity contribution is 4.97. The van der Waals surface area contributed by atoms with Crippen LogP contribution in [0.3, 0.4) is 0 Å². The van der Waals surface area contributed by atoms with Crippen LogP contribution in [0.5, 0.6) is 0 Å². The first-order chi connectivity index (χ1) is 8.12. The van der Waals surface area contributed by atoms with Crippen molar-refractivity contribution >= 4 is 0 Å². The van der Waals surface area contributed by atoms with E-state index in [1.807, 2.05) is 0 Å². The van der Waals surface area contributed by atoms with Crippen LogP contribution in [0.1, 0.15) is 52.4 Å². The molecule has 0 aromatic heterocycles. The number of hydrogen-bond donors (Lipinski definition) is 2. The van der Waals surface area contributed by atoms with Gasteiger partial charge in [-0.3, -0.25) is 0 Å². The molecule has 3 atom stereocenters. The number of aliphatic hydroxyl groups is 1. The molecule has 2 rings (SSSR count). The third-order valence-electron chi connectivity index (χ3n) is 4.37. The molecule has 0 radical (unpaired) electrons. The molecule has 3 heteroatoms. The predicted octanol–water partition coefficient (Wildman–Crippen LogP) is 2.08. The SMILES string of the molecule is CC(C)C1CC(O)(C2CCCCCN2)CCO1. The van der Waals surface area contributed by atoms with Crippen molar-refractivity contribution in [1.29, 1.82) is 0 Å². The fraction of sp³-hybridized carbons (Fsp3) is 1.00. The van der Waals surface area contributed by atoms with Crippen molar-refractivity contribution < 1.29 is 9.84 Å². The Morgan fingerprint density at radius 2 is 2.12 bits per heavy atom. The second-order valence-electron chi connectivity index (χ2n) is 6.07. The number of ether oxygens (including phenoxy) is 1. The maximum Gasteiger partial charge on any atom is 0.0846 e. The van der Waals surface area contributed by atoms with Gasteiger partial charge in [0.15, 0.2) is 0 Å². The van der Waals surface area contributed by atoms with Gasteiger partial charge >= 0.3 is 0 Å². The van der Waals surface area contributed by atoms with Crippen LogP contribution in [-0.4, -0.2) is 36.0 Å². The van der Waals surface area contributed by atoms with E-state index >= 15 is 0 Å². The fourth-order valence-corrected chi connectivity index (χ4v) is 3.13. The molecule has 2 heterocycles. The second kappa shape index (κ2) is 5.68. The van der Waals surface area contributed by atoms with Gasteiger partial charge in [-0.1, -0.05) is 26.7 Å². The molecular weight excluding hydrogens is 214 g/mol. The first-order valence-electron chi connectivity index (χ1n) is 7.19. The zero-order valence-electron chi connectivity index (χ0n) is 11.2. The molecule has 0 aromatic carbocycles. The van der Waals surface area contributed by atoms with Gasteiger partial charge in [0.05, 0.1) is 11.7 Å². The van der Waals surface area contributed by atoms with E-state index in [1.165, 1.54) is 19.3 Å². The highest BCUT2D eigenvalue weighted by Crippen LogP contribution is 2.33. The summed E-state index contributed by atoms with van der Waals surface area (Å²) in [4.78, 5) is 0. The number of rotatable bonds is 2. The highest BCUT2D eigenvalue weighted by Gasteiger charge is 2.42. The van der Waals surface area contributed by atoms with Gasteiger partial charge in [-0.05, 0) is 25.3 Å². The van der Waals surface area contributed by atoms with Gasteiger partial charge < -0.3 is 15.2 Å². The third kappa shape index (κ3) is 3.21. The van der Waals surface area contributed by atoms with E-state index < -0.39 is 5.60 Å². The zero-order chi connectivity index (χ0) is 12.3. The summed E-state index contributed by atoms with van der Waals surface area (Å²) in [6.45, 7) is 6.12. The minimum atomic E-state index is -0.544. The van der Waals surface area contributed by atoms with E-state index in [0.29, 0.717) is 12.5 Å². The molecule has 0 aromatic rings. The lowest BCUT2D eigenvalue weighted by atomic mass is 9.79. The van der Waals surface area contributed by atoms with Crippen molar-refractivity contribution in [3.8, 4) is 0 Å². The smallest absolute Gasteiger partial charge is 0.0846 e. The molecular formula is C14H27NO2. The van der Waals surface area contributed by atoms with E-state index in [1.54, 1.807) is 0 Å². The summed E-state index contributed by atoms with van der Waals surface area (Å²) in [5.74, 6) is 0.493. The van der Waals surface area contributed by atoms with Crippen LogP contribution in [0.25, 0.3) is 0 Å². The second-order valence-corrected chi connectivity index (χ2v) is 6.07. The first-order valence-corrected chi connectivity index (χ1v) is 7.19. The molecule has 0 aliphatic carbocycles. The molecule has 0 amide bonds. The highest BCUT2D eigenvalue weighted by atomic mass is 16.5. The lowest BCUT2D eigenvalue weighted by Crippen LogP contribution is -2.55. The summed E-state index contributed by atoms with van der Waals surface area (Å²) in [6, 6.07) is 0.273. The number of nitrogens with one attached hydrogen (secondary N) is 1. The molecule has 17 heavy (non-hydrogen) atoms. The minimum Gasteiger partial charge on any atom is -0.388 e. The van der Waals surface area contributed by atoms with Crippen LogP contribution < -0.4 is 5.32 Å². The molecule has 2 fully saturated rings. The van der Waals surface area contributed by atoms with Crippen LogP contribution in [0, 0.1) is 5.92 Å². The molecule has 2 aliphatic heterocycles. The van der Waals surface area contributed by atoms with Gasteiger partial charge in [0.25, 0.3) is 0 Å². The quantitative estimate of drug-likeness (QED) is 0.778. The molecule has 2 aliphatic rings. The maximum absolute atomic E-state index is 10.9. The van der Waals surface area contributed by atoms with Crippen molar-refractivity contribution in [3.63, 3.8) is 0 Å². The number of hydrogen-bond acceptors (Lipinski definition) is 3. The Balaban J connectivity index is 2.00. The van der Waals surface area contributed by atoms with Crippen LogP contribution in [0.4, 0.5) is 0 Å². The zero-order valence-corrected chi connectivity index (χ0v) is 11.2. The van der Waals surface area contributed by atoms with Crippen LogP contribution in [0.15, 0.2) is 0 Å². The molecule has 3 nitrogen and oxygen atoms in total. The van der Waals surface area contributed by atoms with E-state index in [9.17, 15) is 5.11 Å². The molecule has 3 unspecified atom stereocenters. The topological polar surface area (TPSA) is 41.5 Å². The fourth-order valence-electron chi connectivity index (χ4n) is 3.13. The van der Waals surface area contributed by atoms with E-state index in [0.717, 1.165) is 25.8 Å². The molecule has 0 bridgehead atoms. The largest absolute Gasteiger partial charge is 0.388 e. The van der Waals surface area contributed by atoms with Gasteiger partial charge in [0.1, 0.15) is 0 Å². The molecule has 0 spiro atoms. The van der Waals surface area contributed by atoms with Crippen LogP contribution in [0.2, 0.25) is 0 Å². The lowest BCUT2D eigenvalue weighted by Gasteiger charge is -2.43. The van der Waals surface area contributed by atoms with E-state index in [4.69, 9.17) is 4.74 Å². The Hall–Kier alpha value is -0.120. The average molecular weight is 241 g/mol. The molecule has 0 saturated carbocycles. The van der Waals surface area contributed by atoms with Gasteiger partial charge in [-0.25, -0.2) is 0 Å². The predicted molar refractivity (Wildman–Crippen MR) is 69.0 cm³/mol. The van der Waals surface area contributed by atoms with Crippen molar-refractivity contribution in [2.75, 3.05) is 13.2 Å². The summed E-state index contributed by atoms with van der Waals surface area (Å²) in [7, 11) is 0. The van der Waals surface area contributed by atoms with E-state index in [2.05, 4.69) is 19.2 Å². The average Bonchev–Trinajstić information content (AvgIpc) is 2.58. The van der Waals surface area contributed by atoms with Gasteiger partial charge in [-0.2, -0.15) is 0 Å². The van der Waals surface area contributed by atoms with Gasteiger partial charge in [-0.15, -0.1) is 0 Å². The Bertz CT molecular complexity index is 236. The van der Waals surface area contributed by atoms with E-state index in [-0.39, 0.29) is 12.1 Å². The molecule has 2 N–H and O–H groups in total. The first kappa shape index (κ1) is 13.3. The van der Waals surface area contributed by atoms with Crippen molar-refractivity contribution in [1.82, 2.24) is 5.32 Å². The van der Waals surface area contributed by atoms with Gasteiger partial charge in [0, 0.05) is 25.5 Å². The van der Waals surface area contributed by atoms with Crippen LogP contribution >= 0.6 is 0 Å². The normalized spacial score (nSPS) is 40.2. The Kier molecular flexibility index (Phi) is 4.45. The molecule has 2 saturated heterocycles. The van der Waals surface area contributed by atoms with Crippen molar-refractivity contribution in [2.24, 2.45) is 5.92 Å². The summed E-state index contributed by atoms with van der Waals surface area (Å²) >= 11 is 0. The van der Waals surface area contributed by atoms with Crippen molar-refractivity contribution in [2.45, 2.75) is 70.1 Å². The van der Waals surface area contributed by atoms with Crippen LogP contribution in [-0.2, 0) is 4.74 Å². The Labute approximate surface area is 105 Å². The van der Waals surface area contributed by atoms with Gasteiger partial charge in [0.2, 0.25) is 0 Å². The minimum absolute atomic E-state index is 0.221.